The Morgan fingerprint density at radius 3 is 2.71 bits per heavy atom. The van der Waals surface area contributed by atoms with Crippen molar-refractivity contribution in [2.24, 2.45) is 0 Å². The molecule has 0 saturated carbocycles. The fourth-order valence-corrected chi connectivity index (χ4v) is 4.03. The minimum absolute atomic E-state index is 0.00193. The summed E-state index contributed by atoms with van der Waals surface area (Å²) in [6.45, 7) is 9.92. The van der Waals surface area contributed by atoms with E-state index in [1.54, 1.807) is 4.57 Å². The summed E-state index contributed by atoms with van der Waals surface area (Å²) in [4.78, 5) is 33.2. The zero-order chi connectivity index (χ0) is 20.4. The van der Waals surface area contributed by atoms with Crippen molar-refractivity contribution in [2.45, 2.75) is 52.2 Å². The molecule has 2 heterocycles. The Balaban J connectivity index is 1.84. The lowest BCUT2D eigenvalue weighted by atomic mass is 10.1. The Labute approximate surface area is 168 Å². The number of amides is 1. The van der Waals surface area contributed by atoms with Crippen LogP contribution in [0.25, 0.3) is 11.0 Å². The summed E-state index contributed by atoms with van der Waals surface area (Å²) in [6.07, 6.45) is 0.801. The standard InChI is InChI=1S/C21H26N4O2S/c1-6-15(5)25-20(27)19-17(10-14(4)22-19)24-21(25)28-11-18(26)23-16-8-7-12(2)9-13(16)3/h7-10,15,22H,6,11H2,1-5H3,(H,23,26)/t15-/m1/s1. The average Bonchev–Trinajstić information content (AvgIpc) is 3.02. The van der Waals surface area contributed by atoms with Gasteiger partial charge in [0, 0.05) is 17.4 Å². The second-order valence-electron chi connectivity index (χ2n) is 7.19. The van der Waals surface area contributed by atoms with Gasteiger partial charge in [-0.3, -0.25) is 14.2 Å². The molecule has 0 unspecified atom stereocenters. The van der Waals surface area contributed by atoms with Crippen molar-refractivity contribution in [3.05, 3.63) is 51.4 Å². The van der Waals surface area contributed by atoms with Crippen molar-refractivity contribution in [3.63, 3.8) is 0 Å². The Kier molecular flexibility index (Phi) is 5.93. The Hall–Kier alpha value is -2.54. The Bertz CT molecular complexity index is 1080. The third kappa shape index (κ3) is 4.14. The smallest absolute Gasteiger partial charge is 0.278 e. The summed E-state index contributed by atoms with van der Waals surface area (Å²) in [7, 11) is 0. The molecule has 3 aromatic rings. The predicted molar refractivity (Wildman–Crippen MR) is 115 cm³/mol. The van der Waals surface area contributed by atoms with Crippen LogP contribution in [0.1, 0.15) is 43.1 Å². The molecule has 7 heteroatoms. The van der Waals surface area contributed by atoms with E-state index < -0.39 is 0 Å². The quantitative estimate of drug-likeness (QED) is 0.478. The molecule has 0 fully saturated rings. The van der Waals surface area contributed by atoms with Gasteiger partial charge < -0.3 is 10.3 Å². The molecule has 1 atom stereocenters. The number of fused-ring (bicyclic) bond motifs is 1. The molecule has 0 aliphatic carbocycles. The van der Waals surface area contributed by atoms with Gasteiger partial charge in [0.05, 0.1) is 11.3 Å². The second kappa shape index (κ2) is 8.22. The topological polar surface area (TPSA) is 79.8 Å². The number of H-pyrrole nitrogens is 1. The van der Waals surface area contributed by atoms with Crippen LogP contribution in [-0.4, -0.2) is 26.2 Å². The highest BCUT2D eigenvalue weighted by Gasteiger charge is 2.18. The summed E-state index contributed by atoms with van der Waals surface area (Å²) < 4.78 is 1.69. The lowest BCUT2D eigenvalue weighted by Gasteiger charge is -2.17. The monoisotopic (exact) mass is 398 g/mol. The van der Waals surface area contributed by atoms with Crippen LogP contribution < -0.4 is 10.9 Å². The molecule has 0 aliphatic rings. The fourth-order valence-electron chi connectivity index (χ4n) is 3.13. The Morgan fingerprint density at radius 1 is 1.29 bits per heavy atom. The lowest BCUT2D eigenvalue weighted by Crippen LogP contribution is -2.26. The first-order chi connectivity index (χ1) is 13.3. The summed E-state index contributed by atoms with van der Waals surface area (Å²) in [5.41, 5.74) is 4.94. The van der Waals surface area contributed by atoms with Gasteiger partial charge in [0.15, 0.2) is 5.16 Å². The zero-order valence-electron chi connectivity index (χ0n) is 16.9. The van der Waals surface area contributed by atoms with Gasteiger partial charge in [-0.15, -0.1) is 0 Å². The molecular formula is C21H26N4O2S. The van der Waals surface area contributed by atoms with E-state index in [4.69, 9.17) is 0 Å². The summed E-state index contributed by atoms with van der Waals surface area (Å²) in [6, 6.07) is 7.78. The number of hydrogen-bond donors (Lipinski definition) is 2. The van der Waals surface area contributed by atoms with E-state index in [1.807, 2.05) is 58.9 Å². The van der Waals surface area contributed by atoms with Gasteiger partial charge in [0.25, 0.3) is 5.56 Å². The number of hydrogen-bond acceptors (Lipinski definition) is 4. The van der Waals surface area contributed by atoms with Gasteiger partial charge in [0.2, 0.25) is 5.91 Å². The first-order valence-corrected chi connectivity index (χ1v) is 10.4. The zero-order valence-corrected chi connectivity index (χ0v) is 17.7. The first kappa shape index (κ1) is 20.2. The van der Waals surface area contributed by atoms with E-state index in [2.05, 4.69) is 15.3 Å². The number of aromatic nitrogens is 3. The van der Waals surface area contributed by atoms with Gasteiger partial charge in [-0.1, -0.05) is 36.4 Å². The maximum absolute atomic E-state index is 13.0. The van der Waals surface area contributed by atoms with Crippen LogP contribution in [0.3, 0.4) is 0 Å². The van der Waals surface area contributed by atoms with Crippen LogP contribution in [0.5, 0.6) is 0 Å². The molecule has 28 heavy (non-hydrogen) atoms. The van der Waals surface area contributed by atoms with Crippen molar-refractivity contribution >= 4 is 34.4 Å². The number of rotatable bonds is 6. The maximum Gasteiger partial charge on any atom is 0.278 e. The summed E-state index contributed by atoms with van der Waals surface area (Å²) >= 11 is 1.29. The first-order valence-electron chi connectivity index (χ1n) is 9.42. The molecule has 0 saturated heterocycles. The highest BCUT2D eigenvalue weighted by molar-refractivity contribution is 7.99. The minimum atomic E-state index is -0.118. The molecule has 0 aliphatic heterocycles. The SMILES string of the molecule is CC[C@@H](C)n1c(SCC(=O)Nc2ccc(C)cc2C)nc2cc(C)[nH]c2c1=O. The van der Waals surface area contributed by atoms with E-state index >= 15 is 0 Å². The predicted octanol–water partition coefficient (Wildman–Crippen LogP) is 4.35. The van der Waals surface area contributed by atoms with Crippen molar-refractivity contribution in [3.8, 4) is 0 Å². The molecule has 1 amide bonds. The summed E-state index contributed by atoms with van der Waals surface area (Å²) in [5.74, 6) is 0.0673. The molecule has 0 spiro atoms. The highest BCUT2D eigenvalue weighted by Crippen LogP contribution is 2.23. The third-order valence-electron chi connectivity index (χ3n) is 4.81. The number of carbonyl (C=O) groups is 1. The number of benzene rings is 1. The van der Waals surface area contributed by atoms with Gasteiger partial charge in [-0.2, -0.15) is 0 Å². The van der Waals surface area contributed by atoms with E-state index in [9.17, 15) is 9.59 Å². The number of aryl methyl sites for hydroxylation is 3. The van der Waals surface area contributed by atoms with Crippen LogP contribution in [0.2, 0.25) is 0 Å². The van der Waals surface area contributed by atoms with Gasteiger partial charge >= 0.3 is 0 Å². The molecule has 0 radical (unpaired) electrons. The van der Waals surface area contributed by atoms with E-state index in [1.165, 1.54) is 11.8 Å². The van der Waals surface area contributed by atoms with Gasteiger partial charge in [0.1, 0.15) is 5.52 Å². The molecule has 2 N–H and O–H groups in total. The van der Waals surface area contributed by atoms with Crippen LogP contribution >= 0.6 is 11.8 Å². The van der Waals surface area contributed by atoms with Crippen molar-refractivity contribution in [2.75, 3.05) is 11.1 Å². The second-order valence-corrected chi connectivity index (χ2v) is 8.14. The van der Waals surface area contributed by atoms with E-state index in [-0.39, 0.29) is 23.3 Å². The number of carbonyl (C=O) groups excluding carboxylic acids is 1. The van der Waals surface area contributed by atoms with E-state index in [0.717, 1.165) is 28.9 Å². The minimum Gasteiger partial charge on any atom is -0.353 e. The lowest BCUT2D eigenvalue weighted by molar-refractivity contribution is -0.113. The molecule has 1 aromatic carbocycles. The van der Waals surface area contributed by atoms with E-state index in [0.29, 0.717) is 16.2 Å². The number of aromatic amines is 1. The van der Waals surface area contributed by atoms with Gasteiger partial charge in [-0.05, 0) is 51.8 Å². The molecule has 3 rings (SSSR count). The number of thioether (sulfide) groups is 1. The average molecular weight is 399 g/mol. The molecule has 6 nitrogen and oxygen atoms in total. The molecule has 2 aromatic heterocycles. The number of nitrogens with one attached hydrogen (secondary N) is 2. The fraction of sp³-hybridized carbons (Fsp3) is 0.381. The highest BCUT2D eigenvalue weighted by atomic mass is 32.2. The maximum atomic E-state index is 13.0. The van der Waals surface area contributed by atoms with Gasteiger partial charge in [-0.25, -0.2) is 4.98 Å². The molecular weight excluding hydrogens is 372 g/mol. The van der Waals surface area contributed by atoms with Crippen LogP contribution in [0, 0.1) is 20.8 Å². The van der Waals surface area contributed by atoms with Crippen molar-refractivity contribution < 1.29 is 4.79 Å². The third-order valence-corrected chi connectivity index (χ3v) is 5.76. The normalized spacial score (nSPS) is 12.3. The molecule has 148 valence electrons. The molecule has 0 bridgehead atoms. The van der Waals surface area contributed by atoms with Crippen LogP contribution in [0.15, 0.2) is 34.2 Å². The van der Waals surface area contributed by atoms with Crippen LogP contribution in [0.4, 0.5) is 5.69 Å². The van der Waals surface area contributed by atoms with Crippen molar-refractivity contribution in [1.29, 1.82) is 0 Å². The van der Waals surface area contributed by atoms with Crippen LogP contribution in [-0.2, 0) is 4.79 Å². The largest absolute Gasteiger partial charge is 0.353 e. The Morgan fingerprint density at radius 2 is 2.04 bits per heavy atom. The number of anilines is 1. The van der Waals surface area contributed by atoms with Crippen molar-refractivity contribution in [1.82, 2.24) is 14.5 Å². The number of nitrogens with zero attached hydrogens (tertiary/aromatic N) is 2. The summed E-state index contributed by atoms with van der Waals surface area (Å²) in [5, 5.41) is 3.52.